The number of fused-ring (bicyclic) bond motifs is 1. The van der Waals surface area contributed by atoms with Crippen LogP contribution in [0.5, 0.6) is 0 Å². The summed E-state index contributed by atoms with van der Waals surface area (Å²) in [5.74, 6) is -0.544. The molecule has 2 heterocycles. The van der Waals surface area contributed by atoms with Gasteiger partial charge < -0.3 is 9.80 Å². The minimum Gasteiger partial charge on any atom is -0.344 e. The van der Waals surface area contributed by atoms with Gasteiger partial charge >= 0.3 is 0 Å². The van der Waals surface area contributed by atoms with E-state index in [-0.39, 0.29) is 22.6 Å². The highest BCUT2D eigenvalue weighted by Gasteiger charge is 2.34. The Morgan fingerprint density at radius 1 is 1.21 bits per heavy atom. The maximum Gasteiger partial charge on any atom is 0.250 e. The van der Waals surface area contributed by atoms with Crippen LogP contribution in [0.1, 0.15) is 18.4 Å². The molecule has 1 atom stereocenters. The largest absolute Gasteiger partial charge is 0.344 e. The Morgan fingerprint density at radius 3 is 2.74 bits per heavy atom. The van der Waals surface area contributed by atoms with Gasteiger partial charge in [0.05, 0.1) is 6.54 Å². The zero-order chi connectivity index (χ0) is 24.3. The lowest BCUT2D eigenvalue weighted by Gasteiger charge is -2.33. The van der Waals surface area contributed by atoms with Gasteiger partial charge in [-0.15, -0.1) is 11.3 Å². The van der Waals surface area contributed by atoms with Crippen LogP contribution in [-0.2, 0) is 26.0 Å². The third-order valence-electron chi connectivity index (χ3n) is 5.88. The number of benzene rings is 2. The normalized spacial score (nSPS) is 16.7. The Hall–Kier alpha value is -2.46. The van der Waals surface area contributed by atoms with Crippen molar-refractivity contribution < 1.29 is 18.0 Å². The van der Waals surface area contributed by atoms with Gasteiger partial charge in [-0.2, -0.15) is 4.72 Å². The quantitative estimate of drug-likeness (QED) is 0.493. The highest BCUT2D eigenvalue weighted by Crippen LogP contribution is 2.31. The number of hydrogen-bond acceptors (Lipinski definition) is 5. The van der Waals surface area contributed by atoms with Crippen molar-refractivity contribution in [3.05, 3.63) is 65.2 Å². The number of nitrogens with one attached hydrogen (secondary N) is 1. The maximum absolute atomic E-state index is 13.0. The molecule has 2 aromatic carbocycles. The molecule has 10 heteroatoms. The van der Waals surface area contributed by atoms with Gasteiger partial charge in [0.25, 0.3) is 10.0 Å². The molecule has 1 aliphatic rings. The van der Waals surface area contributed by atoms with E-state index in [1.807, 2.05) is 30.3 Å². The van der Waals surface area contributed by atoms with E-state index in [0.717, 1.165) is 33.4 Å². The van der Waals surface area contributed by atoms with Gasteiger partial charge in [0.2, 0.25) is 11.8 Å². The Labute approximate surface area is 208 Å². The van der Waals surface area contributed by atoms with Crippen LogP contribution in [0.3, 0.4) is 0 Å². The summed E-state index contributed by atoms with van der Waals surface area (Å²) in [5, 5.41) is 1.30. The number of rotatable bonds is 8. The van der Waals surface area contributed by atoms with Crippen molar-refractivity contribution in [1.29, 1.82) is 0 Å². The standard InChI is InChI=1S/C24H26ClN3O4S2/c1-27(13-11-17-6-3-2-4-7-17)22(29)16-28-12-5-8-20(24(28)30)26-34(31,32)23-14-18-9-10-19(25)15-21(18)33-23/h2-4,6-7,9-10,14-15,20,26H,5,8,11-13,16H2,1H3. The van der Waals surface area contributed by atoms with Crippen LogP contribution < -0.4 is 4.72 Å². The monoisotopic (exact) mass is 519 g/mol. The molecule has 2 amide bonds. The number of amides is 2. The van der Waals surface area contributed by atoms with E-state index in [0.29, 0.717) is 31.0 Å². The van der Waals surface area contributed by atoms with Gasteiger partial charge in [0.1, 0.15) is 10.3 Å². The van der Waals surface area contributed by atoms with E-state index in [1.165, 1.54) is 4.90 Å². The lowest BCUT2D eigenvalue weighted by Crippen LogP contribution is -2.54. The number of thiophene rings is 1. The first kappa shape index (κ1) is 24.7. The first-order chi connectivity index (χ1) is 16.2. The fourth-order valence-electron chi connectivity index (χ4n) is 3.92. The second kappa shape index (κ2) is 10.4. The lowest BCUT2D eigenvalue weighted by atomic mass is 10.1. The topological polar surface area (TPSA) is 86.8 Å². The smallest absolute Gasteiger partial charge is 0.250 e. The molecule has 0 aliphatic carbocycles. The van der Waals surface area contributed by atoms with Gasteiger partial charge in [-0.05, 0) is 48.4 Å². The number of hydrogen-bond donors (Lipinski definition) is 1. The Morgan fingerprint density at radius 2 is 1.97 bits per heavy atom. The van der Waals surface area contributed by atoms with Gasteiger partial charge in [-0.25, -0.2) is 8.42 Å². The molecule has 3 aromatic rings. The van der Waals surface area contributed by atoms with Crippen LogP contribution in [0.25, 0.3) is 10.1 Å². The number of likely N-dealkylation sites (tertiary alicyclic amines) is 1. The molecule has 0 radical (unpaired) electrons. The zero-order valence-electron chi connectivity index (χ0n) is 18.7. The second-order valence-corrected chi connectivity index (χ2v) is 11.8. The second-order valence-electron chi connectivity index (χ2n) is 8.37. The molecule has 4 rings (SSSR count). The zero-order valence-corrected chi connectivity index (χ0v) is 21.1. The third-order valence-corrected chi connectivity index (χ3v) is 9.16. The Kier molecular flexibility index (Phi) is 7.57. The molecular weight excluding hydrogens is 494 g/mol. The SMILES string of the molecule is CN(CCc1ccccc1)C(=O)CN1CCCC(NS(=O)(=O)c2cc3ccc(Cl)cc3s2)C1=O. The highest BCUT2D eigenvalue weighted by atomic mass is 35.5. The van der Waals surface area contributed by atoms with Gasteiger partial charge in [0.15, 0.2) is 0 Å². The van der Waals surface area contributed by atoms with E-state index >= 15 is 0 Å². The number of likely N-dealkylation sites (N-methyl/N-ethyl adjacent to an activating group) is 1. The molecule has 0 saturated carbocycles. The van der Waals surface area contributed by atoms with Crippen molar-refractivity contribution in [2.24, 2.45) is 0 Å². The predicted octanol–water partition coefficient (Wildman–Crippen LogP) is 3.53. The van der Waals surface area contributed by atoms with Crippen LogP contribution in [0.2, 0.25) is 5.02 Å². The van der Waals surface area contributed by atoms with E-state index in [2.05, 4.69) is 4.72 Å². The molecule has 1 saturated heterocycles. The molecule has 0 bridgehead atoms. The summed E-state index contributed by atoms with van der Waals surface area (Å²) < 4.78 is 29.4. The van der Waals surface area contributed by atoms with Crippen molar-refractivity contribution in [3.8, 4) is 0 Å². The first-order valence-corrected chi connectivity index (χ1v) is 13.7. The molecule has 1 unspecified atom stereocenters. The molecule has 34 heavy (non-hydrogen) atoms. The van der Waals surface area contributed by atoms with Gasteiger partial charge in [-0.3, -0.25) is 9.59 Å². The first-order valence-electron chi connectivity index (χ1n) is 11.0. The summed E-state index contributed by atoms with van der Waals surface area (Å²) in [6, 6.07) is 15.7. The predicted molar refractivity (Wildman–Crippen MR) is 135 cm³/mol. The molecule has 180 valence electrons. The van der Waals surface area contributed by atoms with Crippen molar-refractivity contribution in [2.45, 2.75) is 29.5 Å². The molecule has 1 N–H and O–H groups in total. The molecule has 1 aliphatic heterocycles. The number of piperidine rings is 1. The number of halogens is 1. The fraction of sp³-hybridized carbons (Fsp3) is 0.333. The van der Waals surface area contributed by atoms with E-state index in [9.17, 15) is 18.0 Å². The van der Waals surface area contributed by atoms with Crippen LogP contribution in [0, 0.1) is 0 Å². The van der Waals surface area contributed by atoms with Gasteiger partial charge in [0, 0.05) is 29.9 Å². The summed E-state index contributed by atoms with van der Waals surface area (Å²) in [6.45, 7) is 0.900. The summed E-state index contributed by atoms with van der Waals surface area (Å²) in [5.41, 5.74) is 1.13. The van der Waals surface area contributed by atoms with Crippen LogP contribution in [0.15, 0.2) is 58.8 Å². The molecule has 1 aromatic heterocycles. The van der Waals surface area contributed by atoms with E-state index in [1.54, 1.807) is 36.2 Å². The minimum absolute atomic E-state index is 0.0657. The summed E-state index contributed by atoms with van der Waals surface area (Å²) in [4.78, 5) is 28.8. The fourth-order valence-corrected chi connectivity index (χ4v) is 6.83. The average molecular weight is 520 g/mol. The van der Waals surface area contributed by atoms with Crippen LogP contribution in [-0.4, -0.2) is 62.8 Å². The van der Waals surface area contributed by atoms with Crippen molar-refractivity contribution in [2.75, 3.05) is 26.7 Å². The minimum atomic E-state index is -3.89. The molecule has 7 nitrogen and oxygen atoms in total. The molecule has 0 spiro atoms. The number of sulfonamides is 1. The molecular formula is C24H26ClN3O4S2. The van der Waals surface area contributed by atoms with E-state index in [4.69, 9.17) is 11.6 Å². The summed E-state index contributed by atoms with van der Waals surface area (Å²) >= 11 is 7.11. The van der Waals surface area contributed by atoms with E-state index < -0.39 is 16.1 Å². The van der Waals surface area contributed by atoms with Crippen molar-refractivity contribution >= 4 is 54.9 Å². The number of carbonyl (C=O) groups excluding carboxylic acids is 2. The van der Waals surface area contributed by atoms with Crippen LogP contribution in [0.4, 0.5) is 0 Å². The Bertz CT molecular complexity index is 1290. The third kappa shape index (κ3) is 5.78. The van der Waals surface area contributed by atoms with Gasteiger partial charge in [-0.1, -0.05) is 48.0 Å². The number of nitrogens with zero attached hydrogens (tertiary/aromatic N) is 2. The average Bonchev–Trinajstić information content (AvgIpc) is 3.25. The maximum atomic E-state index is 13.0. The van der Waals surface area contributed by atoms with Crippen molar-refractivity contribution in [3.63, 3.8) is 0 Å². The van der Waals surface area contributed by atoms with Crippen molar-refractivity contribution in [1.82, 2.24) is 14.5 Å². The molecule has 1 fully saturated rings. The van der Waals surface area contributed by atoms with Crippen LogP contribution >= 0.6 is 22.9 Å². The Balaban J connectivity index is 1.37. The summed E-state index contributed by atoms with van der Waals surface area (Å²) in [6.07, 6.45) is 1.73. The summed E-state index contributed by atoms with van der Waals surface area (Å²) in [7, 11) is -2.18. The highest BCUT2D eigenvalue weighted by molar-refractivity contribution is 7.91. The number of carbonyl (C=O) groups is 2. The lowest BCUT2D eigenvalue weighted by molar-refractivity contribution is -0.142.